The van der Waals surface area contributed by atoms with Gasteiger partial charge in [0.05, 0.1) is 6.54 Å². The number of nitriles is 1. The highest BCUT2D eigenvalue weighted by atomic mass is 16.2. The molecule has 1 amide bonds. The average Bonchev–Trinajstić information content (AvgIpc) is 2.67. The van der Waals surface area contributed by atoms with Crippen LogP contribution in [0.2, 0.25) is 0 Å². The maximum absolute atomic E-state index is 12.5. The van der Waals surface area contributed by atoms with E-state index in [0.29, 0.717) is 5.56 Å². The third-order valence-corrected chi connectivity index (χ3v) is 3.79. The molecule has 0 aliphatic carbocycles. The first-order valence-corrected chi connectivity index (χ1v) is 7.69. The van der Waals surface area contributed by atoms with Gasteiger partial charge in [0, 0.05) is 5.56 Å². The predicted octanol–water partition coefficient (Wildman–Crippen LogP) is 4.48. The Kier molecular flexibility index (Phi) is 4.69. The van der Waals surface area contributed by atoms with Crippen molar-refractivity contribution in [1.29, 1.82) is 5.26 Å². The van der Waals surface area contributed by atoms with Gasteiger partial charge >= 0.3 is 0 Å². The van der Waals surface area contributed by atoms with Gasteiger partial charge in [0.1, 0.15) is 0 Å². The Balaban J connectivity index is 1.78. The smallest absolute Gasteiger partial charge is 0.267 e. The van der Waals surface area contributed by atoms with Crippen LogP contribution >= 0.6 is 0 Å². The van der Waals surface area contributed by atoms with Crippen molar-refractivity contribution >= 4 is 5.91 Å². The summed E-state index contributed by atoms with van der Waals surface area (Å²) in [6.45, 7) is 0.274. The lowest BCUT2D eigenvalue weighted by atomic mass is 10.0. The second-order valence-corrected chi connectivity index (χ2v) is 5.42. The predicted molar refractivity (Wildman–Crippen MR) is 93.8 cm³/mol. The van der Waals surface area contributed by atoms with E-state index >= 15 is 0 Å². The van der Waals surface area contributed by atoms with E-state index in [9.17, 15) is 10.1 Å². The number of amides is 1. The highest BCUT2D eigenvalue weighted by molar-refractivity contribution is 5.95. The lowest BCUT2D eigenvalue weighted by molar-refractivity contribution is 0.0824. The minimum atomic E-state index is -0.291. The summed E-state index contributed by atoms with van der Waals surface area (Å²) in [5.74, 6) is -0.291. The van der Waals surface area contributed by atoms with Crippen LogP contribution in [0.5, 0.6) is 0 Å². The lowest BCUT2D eigenvalue weighted by Crippen LogP contribution is -2.25. The molecule has 0 aliphatic rings. The number of nitrogens with zero attached hydrogens (tertiary/aromatic N) is 2. The molecule has 3 aromatic carbocycles. The zero-order valence-electron chi connectivity index (χ0n) is 13.1. The van der Waals surface area contributed by atoms with Gasteiger partial charge in [-0.15, -0.1) is 0 Å². The van der Waals surface area contributed by atoms with Crippen LogP contribution in [0.15, 0.2) is 84.9 Å². The molecule has 3 nitrogen and oxygen atoms in total. The first kappa shape index (κ1) is 15.5. The summed E-state index contributed by atoms with van der Waals surface area (Å²) in [7, 11) is 0. The molecule has 0 atom stereocenters. The molecule has 3 aromatic rings. The summed E-state index contributed by atoms with van der Waals surface area (Å²) in [5.41, 5.74) is 3.57. The van der Waals surface area contributed by atoms with Crippen molar-refractivity contribution in [3.05, 3.63) is 96.1 Å². The van der Waals surface area contributed by atoms with Crippen molar-refractivity contribution in [2.24, 2.45) is 0 Å². The van der Waals surface area contributed by atoms with Crippen molar-refractivity contribution in [2.75, 3.05) is 0 Å². The molecule has 0 heterocycles. The minimum absolute atomic E-state index is 0.274. The number of carbonyl (C=O) groups is 1. The third kappa shape index (κ3) is 3.50. The van der Waals surface area contributed by atoms with Crippen molar-refractivity contribution in [2.45, 2.75) is 6.54 Å². The van der Waals surface area contributed by atoms with Crippen molar-refractivity contribution < 1.29 is 4.79 Å². The second-order valence-electron chi connectivity index (χ2n) is 5.42. The van der Waals surface area contributed by atoms with Gasteiger partial charge in [0.15, 0.2) is 6.19 Å². The molecule has 24 heavy (non-hydrogen) atoms. The zero-order chi connectivity index (χ0) is 16.8. The lowest BCUT2D eigenvalue weighted by Gasteiger charge is -2.14. The topological polar surface area (TPSA) is 44.1 Å². The minimum Gasteiger partial charge on any atom is -0.268 e. The Labute approximate surface area is 141 Å². The van der Waals surface area contributed by atoms with Gasteiger partial charge in [0.2, 0.25) is 0 Å². The van der Waals surface area contributed by atoms with Crippen molar-refractivity contribution in [3.63, 3.8) is 0 Å². The molecule has 0 spiro atoms. The van der Waals surface area contributed by atoms with E-state index in [1.165, 1.54) is 4.90 Å². The Morgan fingerprint density at radius 2 is 1.33 bits per heavy atom. The number of hydrogen-bond acceptors (Lipinski definition) is 2. The molecule has 0 radical (unpaired) electrons. The maximum Gasteiger partial charge on any atom is 0.267 e. The van der Waals surface area contributed by atoms with Gasteiger partial charge < -0.3 is 0 Å². The van der Waals surface area contributed by atoms with Crippen LogP contribution in [0.3, 0.4) is 0 Å². The van der Waals surface area contributed by atoms with Gasteiger partial charge in [-0.2, -0.15) is 5.26 Å². The fourth-order valence-corrected chi connectivity index (χ4v) is 2.51. The molecule has 0 unspecified atom stereocenters. The molecule has 0 aliphatic heterocycles. The van der Waals surface area contributed by atoms with Gasteiger partial charge in [-0.05, 0) is 28.8 Å². The van der Waals surface area contributed by atoms with Crippen LogP contribution in [-0.4, -0.2) is 10.8 Å². The number of hydrogen-bond donors (Lipinski definition) is 0. The molecular formula is C21H16N2O. The number of carbonyl (C=O) groups excluding carboxylic acids is 1. The fourth-order valence-electron chi connectivity index (χ4n) is 2.51. The van der Waals surface area contributed by atoms with Gasteiger partial charge in [-0.1, -0.05) is 72.8 Å². The summed E-state index contributed by atoms with van der Waals surface area (Å²) in [6, 6.07) is 26.8. The van der Waals surface area contributed by atoms with Crippen LogP contribution in [0.4, 0.5) is 0 Å². The van der Waals surface area contributed by atoms with Crippen LogP contribution in [0, 0.1) is 11.5 Å². The van der Waals surface area contributed by atoms with Crippen LogP contribution in [0.1, 0.15) is 15.9 Å². The summed E-state index contributed by atoms with van der Waals surface area (Å²) in [6.07, 6.45) is 1.98. The van der Waals surface area contributed by atoms with Crippen molar-refractivity contribution in [3.8, 4) is 17.3 Å². The standard InChI is InChI=1S/C21H16N2O/c22-16-23(15-17-7-3-1-4-8-17)21(24)20-13-11-19(12-14-20)18-9-5-2-6-10-18/h1-14H,15H2. The van der Waals surface area contributed by atoms with Gasteiger partial charge in [-0.25, -0.2) is 4.90 Å². The Morgan fingerprint density at radius 3 is 1.92 bits per heavy atom. The van der Waals surface area contributed by atoms with E-state index in [0.717, 1.165) is 16.7 Å². The Morgan fingerprint density at radius 1 is 0.792 bits per heavy atom. The van der Waals surface area contributed by atoms with Gasteiger partial charge in [-0.3, -0.25) is 4.79 Å². The van der Waals surface area contributed by atoms with E-state index < -0.39 is 0 Å². The summed E-state index contributed by atoms with van der Waals surface area (Å²) in [5, 5.41) is 9.31. The average molecular weight is 312 g/mol. The molecule has 0 saturated carbocycles. The monoisotopic (exact) mass is 312 g/mol. The first-order chi connectivity index (χ1) is 11.8. The molecule has 0 bridgehead atoms. The van der Waals surface area contributed by atoms with E-state index in [4.69, 9.17) is 0 Å². The van der Waals surface area contributed by atoms with E-state index in [-0.39, 0.29) is 12.5 Å². The first-order valence-electron chi connectivity index (χ1n) is 7.69. The molecule has 0 fully saturated rings. The highest BCUT2D eigenvalue weighted by Crippen LogP contribution is 2.20. The van der Waals surface area contributed by atoms with Crippen LogP contribution < -0.4 is 0 Å². The molecule has 0 N–H and O–H groups in total. The Bertz CT molecular complexity index is 850. The number of benzene rings is 3. The van der Waals surface area contributed by atoms with E-state index in [2.05, 4.69) is 0 Å². The third-order valence-electron chi connectivity index (χ3n) is 3.79. The molecule has 0 aromatic heterocycles. The maximum atomic E-state index is 12.5. The van der Waals surface area contributed by atoms with E-state index in [1.807, 2.05) is 79.0 Å². The molecule has 116 valence electrons. The van der Waals surface area contributed by atoms with Crippen LogP contribution in [-0.2, 0) is 6.54 Å². The number of rotatable bonds is 4. The van der Waals surface area contributed by atoms with Gasteiger partial charge in [0.25, 0.3) is 5.91 Å². The summed E-state index contributed by atoms with van der Waals surface area (Å²) in [4.78, 5) is 13.7. The molecule has 3 heteroatoms. The fraction of sp³-hybridized carbons (Fsp3) is 0.0476. The second kappa shape index (κ2) is 7.26. The Hall–Kier alpha value is -3.38. The summed E-state index contributed by atoms with van der Waals surface area (Å²) >= 11 is 0. The quantitative estimate of drug-likeness (QED) is 0.527. The highest BCUT2D eigenvalue weighted by Gasteiger charge is 2.15. The van der Waals surface area contributed by atoms with Crippen molar-refractivity contribution in [1.82, 2.24) is 4.90 Å². The molecule has 3 rings (SSSR count). The molecule has 0 saturated heterocycles. The zero-order valence-corrected chi connectivity index (χ0v) is 13.1. The van der Waals surface area contributed by atoms with Crippen LogP contribution in [0.25, 0.3) is 11.1 Å². The SMILES string of the molecule is N#CN(Cc1ccccc1)C(=O)c1ccc(-c2ccccc2)cc1. The normalized spacial score (nSPS) is 9.96. The largest absolute Gasteiger partial charge is 0.268 e. The molecular weight excluding hydrogens is 296 g/mol. The van der Waals surface area contributed by atoms with E-state index in [1.54, 1.807) is 12.1 Å². The summed E-state index contributed by atoms with van der Waals surface area (Å²) < 4.78 is 0.